The third kappa shape index (κ3) is 3.29. The highest BCUT2D eigenvalue weighted by atomic mass is 16.1. The molecule has 0 aliphatic heterocycles. The first-order valence-electron chi connectivity index (χ1n) is 13.6. The van der Waals surface area contributed by atoms with E-state index < -0.39 is 0 Å². The lowest BCUT2D eigenvalue weighted by Crippen LogP contribution is -2.26. The lowest BCUT2D eigenvalue weighted by Gasteiger charge is -2.18. The summed E-state index contributed by atoms with van der Waals surface area (Å²) in [6, 6.07) is 45.1. The van der Waals surface area contributed by atoms with Gasteiger partial charge in [-0.2, -0.15) is 0 Å². The average Bonchev–Trinajstić information content (AvgIpc) is 3.38. The second kappa shape index (κ2) is 8.93. The summed E-state index contributed by atoms with van der Waals surface area (Å²) in [5, 5.41) is 0.991. The molecule has 194 valence electrons. The van der Waals surface area contributed by atoms with Gasteiger partial charge in [0.15, 0.2) is 0 Å². The highest BCUT2D eigenvalue weighted by Crippen LogP contribution is 2.43. The molecule has 0 amide bonds. The Morgan fingerprint density at radius 2 is 0.756 bits per heavy atom. The Bertz CT molecular complexity index is 2160. The second-order valence-electron chi connectivity index (χ2n) is 10.1. The molecule has 0 fully saturated rings. The predicted octanol–water partition coefficient (Wildman–Crippen LogP) is 7.32. The van der Waals surface area contributed by atoms with Crippen LogP contribution in [0.1, 0.15) is 0 Å². The number of benzene rings is 5. The van der Waals surface area contributed by atoms with Gasteiger partial charge in [0.05, 0.1) is 27.7 Å². The Balaban J connectivity index is 1.77. The Labute approximate surface area is 234 Å². The molecule has 3 aromatic heterocycles. The minimum Gasteiger partial charge on any atom is -0.278 e. The second-order valence-corrected chi connectivity index (χ2v) is 10.1. The molecule has 0 saturated carbocycles. The van der Waals surface area contributed by atoms with Crippen LogP contribution in [0, 0.1) is 0 Å². The zero-order chi connectivity index (χ0) is 27.5. The van der Waals surface area contributed by atoms with Crippen molar-refractivity contribution in [2.75, 3.05) is 0 Å². The van der Waals surface area contributed by atoms with Crippen molar-refractivity contribution in [1.82, 2.24) is 13.5 Å². The number of aromatic nitrogens is 3. The van der Waals surface area contributed by atoms with Crippen LogP contribution in [0.3, 0.4) is 0 Å². The Morgan fingerprint density at radius 1 is 0.390 bits per heavy atom. The average molecular weight is 530 g/mol. The molecule has 5 nitrogen and oxygen atoms in total. The molecule has 0 atom stereocenters. The predicted molar refractivity (Wildman–Crippen MR) is 166 cm³/mol. The van der Waals surface area contributed by atoms with Gasteiger partial charge in [0.25, 0.3) is 11.1 Å². The van der Waals surface area contributed by atoms with Crippen LogP contribution in [0.4, 0.5) is 0 Å². The molecule has 3 heterocycles. The fourth-order valence-electron chi connectivity index (χ4n) is 6.14. The van der Waals surface area contributed by atoms with E-state index in [1.807, 2.05) is 109 Å². The standard InChI is InChI=1S/C36H23N3O2/c40-35-28-22-13-23-29-32(28)39-33(37(35)26-18-9-3-10-19-26)30(24-14-5-1-6-15-24)31(25-16-7-2-8-17-25)34(39)38(36(29)41)27-20-11-4-12-21-27/h1-23H. The molecule has 0 N–H and O–H groups in total. The van der Waals surface area contributed by atoms with Crippen LogP contribution in [-0.4, -0.2) is 13.5 Å². The van der Waals surface area contributed by atoms with Crippen molar-refractivity contribution >= 4 is 27.6 Å². The van der Waals surface area contributed by atoms with E-state index in [1.54, 1.807) is 15.2 Å². The van der Waals surface area contributed by atoms with Crippen molar-refractivity contribution in [3.05, 3.63) is 160 Å². The molecule has 0 aliphatic rings. The first-order valence-corrected chi connectivity index (χ1v) is 13.6. The number of hydrogen-bond donors (Lipinski definition) is 0. The van der Waals surface area contributed by atoms with E-state index in [1.165, 1.54) is 0 Å². The molecule has 0 aliphatic carbocycles. The van der Waals surface area contributed by atoms with Crippen molar-refractivity contribution in [1.29, 1.82) is 0 Å². The highest BCUT2D eigenvalue weighted by molar-refractivity contribution is 6.08. The van der Waals surface area contributed by atoms with E-state index in [2.05, 4.69) is 28.7 Å². The summed E-state index contributed by atoms with van der Waals surface area (Å²) in [7, 11) is 0. The van der Waals surface area contributed by atoms with Crippen LogP contribution in [-0.2, 0) is 0 Å². The summed E-state index contributed by atoms with van der Waals surface area (Å²) in [5.41, 5.74) is 6.94. The molecule has 5 heteroatoms. The lowest BCUT2D eigenvalue weighted by atomic mass is 9.98. The number of para-hydroxylation sites is 3. The summed E-state index contributed by atoms with van der Waals surface area (Å²) in [5.74, 6) is 0. The molecule has 0 unspecified atom stereocenters. The first-order chi connectivity index (χ1) is 20.2. The molecule has 0 bridgehead atoms. The zero-order valence-electron chi connectivity index (χ0n) is 21.9. The fourth-order valence-corrected chi connectivity index (χ4v) is 6.14. The monoisotopic (exact) mass is 529 g/mol. The topological polar surface area (TPSA) is 48.4 Å². The number of nitrogens with zero attached hydrogens (tertiary/aromatic N) is 3. The van der Waals surface area contributed by atoms with E-state index in [9.17, 15) is 9.59 Å². The minimum atomic E-state index is -0.164. The summed E-state index contributed by atoms with van der Waals surface area (Å²) in [6.45, 7) is 0. The normalized spacial score (nSPS) is 11.6. The van der Waals surface area contributed by atoms with Gasteiger partial charge in [0.2, 0.25) is 0 Å². The third-order valence-electron chi connectivity index (χ3n) is 7.82. The molecular formula is C36H23N3O2. The molecule has 5 aromatic carbocycles. The summed E-state index contributed by atoms with van der Waals surface area (Å²) in [6.07, 6.45) is 0. The van der Waals surface area contributed by atoms with Gasteiger partial charge in [-0.1, -0.05) is 103 Å². The van der Waals surface area contributed by atoms with Crippen LogP contribution in [0.25, 0.3) is 61.2 Å². The number of rotatable bonds is 4. The third-order valence-corrected chi connectivity index (χ3v) is 7.82. The van der Waals surface area contributed by atoms with E-state index in [-0.39, 0.29) is 11.1 Å². The van der Waals surface area contributed by atoms with Crippen LogP contribution in [0.15, 0.2) is 149 Å². The maximum atomic E-state index is 14.4. The Kier molecular flexibility index (Phi) is 5.06. The van der Waals surface area contributed by atoms with Gasteiger partial charge < -0.3 is 0 Å². The maximum Gasteiger partial charge on any atom is 0.266 e. The van der Waals surface area contributed by atoms with Gasteiger partial charge in [0, 0.05) is 11.1 Å². The van der Waals surface area contributed by atoms with Crippen molar-refractivity contribution in [2.45, 2.75) is 0 Å². The Morgan fingerprint density at radius 3 is 1.15 bits per heavy atom. The van der Waals surface area contributed by atoms with Crippen LogP contribution in [0.5, 0.6) is 0 Å². The summed E-state index contributed by atoms with van der Waals surface area (Å²) >= 11 is 0. The zero-order valence-corrected chi connectivity index (χ0v) is 21.9. The van der Waals surface area contributed by atoms with Gasteiger partial charge >= 0.3 is 0 Å². The molecule has 0 spiro atoms. The smallest absolute Gasteiger partial charge is 0.266 e. The minimum absolute atomic E-state index is 0.164. The van der Waals surface area contributed by atoms with Crippen LogP contribution in [0.2, 0.25) is 0 Å². The van der Waals surface area contributed by atoms with E-state index in [0.29, 0.717) is 16.3 Å². The molecular weight excluding hydrogens is 506 g/mol. The van der Waals surface area contributed by atoms with Gasteiger partial charge in [0.1, 0.15) is 11.3 Å². The van der Waals surface area contributed by atoms with E-state index >= 15 is 0 Å². The van der Waals surface area contributed by atoms with Crippen molar-refractivity contribution in [3.8, 4) is 33.6 Å². The van der Waals surface area contributed by atoms with Gasteiger partial charge in [-0.15, -0.1) is 0 Å². The lowest BCUT2D eigenvalue weighted by molar-refractivity contribution is 0.965. The van der Waals surface area contributed by atoms with Crippen molar-refractivity contribution in [3.63, 3.8) is 0 Å². The SMILES string of the molecule is O=c1c2cccc3c(=O)n(-c4ccccc4)c4c(-c5ccccc5)c(-c5ccccc5)c(n1-c1ccccc1)n4c23. The number of hydrogen-bond acceptors (Lipinski definition) is 2. The summed E-state index contributed by atoms with van der Waals surface area (Å²) in [4.78, 5) is 28.9. The van der Waals surface area contributed by atoms with Gasteiger partial charge in [-0.25, -0.2) is 0 Å². The molecule has 8 aromatic rings. The van der Waals surface area contributed by atoms with E-state index in [4.69, 9.17) is 0 Å². The first kappa shape index (κ1) is 23.2. The molecule has 0 saturated heterocycles. The van der Waals surface area contributed by atoms with Crippen LogP contribution < -0.4 is 11.1 Å². The molecule has 41 heavy (non-hydrogen) atoms. The summed E-state index contributed by atoms with van der Waals surface area (Å²) < 4.78 is 5.71. The quantitative estimate of drug-likeness (QED) is 0.240. The van der Waals surface area contributed by atoms with Crippen molar-refractivity contribution < 1.29 is 0 Å². The molecule has 0 radical (unpaired) electrons. The Hall–Kier alpha value is -5.68. The van der Waals surface area contributed by atoms with E-state index in [0.717, 1.165) is 44.9 Å². The largest absolute Gasteiger partial charge is 0.278 e. The van der Waals surface area contributed by atoms with Crippen molar-refractivity contribution in [2.24, 2.45) is 0 Å². The maximum absolute atomic E-state index is 14.4. The molecule has 8 rings (SSSR count). The van der Waals surface area contributed by atoms with Crippen LogP contribution >= 0.6 is 0 Å². The highest BCUT2D eigenvalue weighted by Gasteiger charge is 2.29. The van der Waals surface area contributed by atoms with Gasteiger partial charge in [-0.3, -0.25) is 23.1 Å². The fraction of sp³-hybridized carbons (Fsp3) is 0. The van der Waals surface area contributed by atoms with Gasteiger partial charge in [-0.05, 0) is 47.5 Å².